The third-order valence-corrected chi connectivity index (χ3v) is 5.65. The summed E-state index contributed by atoms with van der Waals surface area (Å²) in [6.07, 6.45) is 12.4. The summed E-state index contributed by atoms with van der Waals surface area (Å²) in [4.78, 5) is 22.0. The van der Waals surface area contributed by atoms with Gasteiger partial charge in [0.25, 0.3) is 0 Å². The maximum absolute atomic E-state index is 13.6. The van der Waals surface area contributed by atoms with Gasteiger partial charge in [0.05, 0.1) is 5.69 Å². The fourth-order valence-corrected chi connectivity index (χ4v) is 3.56. The van der Waals surface area contributed by atoms with Crippen LogP contribution in [0.2, 0.25) is 0 Å². The van der Waals surface area contributed by atoms with Gasteiger partial charge in [0.2, 0.25) is 0 Å². The molecule has 0 aliphatic carbocycles. The Labute approximate surface area is 202 Å². The van der Waals surface area contributed by atoms with E-state index in [0.29, 0.717) is 18.4 Å². The van der Waals surface area contributed by atoms with Gasteiger partial charge in [-0.25, -0.2) is 9.36 Å². The molecule has 0 saturated carbocycles. The van der Waals surface area contributed by atoms with Crippen molar-refractivity contribution in [3.05, 3.63) is 59.9 Å². The molecule has 1 aromatic carbocycles. The number of carbonyl (C=O) groups is 2. The molecule has 3 N–H and O–H groups in total. The van der Waals surface area contributed by atoms with Crippen molar-refractivity contribution in [2.24, 2.45) is 0 Å². The molecular weight excluding hydrogens is 466 g/mol. The van der Waals surface area contributed by atoms with Crippen LogP contribution in [-0.2, 0) is 29.0 Å². The minimum atomic E-state index is -5.55. The summed E-state index contributed by atoms with van der Waals surface area (Å²) in [6.45, 7) is 3.10. The first-order valence-corrected chi connectivity index (χ1v) is 11.7. The lowest BCUT2D eigenvalue weighted by Gasteiger charge is -2.22. The van der Waals surface area contributed by atoms with Crippen LogP contribution >= 0.6 is 0 Å². The number of benzene rings is 1. The topological polar surface area (TPSA) is 82.3 Å². The van der Waals surface area contributed by atoms with Gasteiger partial charge in [-0.15, -0.1) is 0 Å². The van der Waals surface area contributed by atoms with Crippen LogP contribution in [-0.4, -0.2) is 28.8 Å². The number of alkyl halides is 4. The van der Waals surface area contributed by atoms with Gasteiger partial charge >= 0.3 is 23.7 Å². The van der Waals surface area contributed by atoms with E-state index in [-0.39, 0.29) is 5.69 Å². The van der Waals surface area contributed by atoms with E-state index in [4.69, 9.17) is 5.11 Å². The molecule has 0 bridgehead atoms. The zero-order valence-electron chi connectivity index (χ0n) is 19.7. The Balaban J connectivity index is 1.94. The molecule has 2 rings (SSSR count). The number of aliphatic carboxylic acids is 1. The van der Waals surface area contributed by atoms with Crippen LogP contribution in [0.1, 0.15) is 56.6 Å². The second-order valence-electron chi connectivity index (χ2n) is 8.41. The summed E-state index contributed by atoms with van der Waals surface area (Å²) in [5.41, 5.74) is 5.68. The van der Waals surface area contributed by atoms with Crippen molar-refractivity contribution in [2.75, 3.05) is 5.43 Å². The van der Waals surface area contributed by atoms with Crippen molar-refractivity contribution < 1.29 is 36.8 Å². The first kappa shape index (κ1) is 28.1. The number of anilines is 1. The normalized spacial score (nSPS) is 11.8. The molecule has 2 aromatic rings. The number of halogens is 4. The van der Waals surface area contributed by atoms with Gasteiger partial charge in [0.1, 0.15) is 6.54 Å². The Morgan fingerprint density at radius 3 is 2.31 bits per heavy atom. The Morgan fingerprint density at radius 1 is 0.914 bits per heavy atom. The Morgan fingerprint density at radius 2 is 1.60 bits per heavy atom. The number of carboxylic acid groups (broad SMARTS) is 1. The number of carboxylic acids is 1. The van der Waals surface area contributed by atoms with Gasteiger partial charge in [-0.1, -0.05) is 50.8 Å². The second-order valence-corrected chi connectivity index (χ2v) is 8.41. The molecule has 6 nitrogen and oxygen atoms in total. The highest BCUT2D eigenvalue weighted by atomic mass is 19.3. The zero-order chi connectivity index (χ0) is 25.9. The van der Waals surface area contributed by atoms with Crippen molar-refractivity contribution in [3.8, 4) is 0 Å². The summed E-state index contributed by atoms with van der Waals surface area (Å²) in [5, 5.41) is 8.31. The van der Waals surface area contributed by atoms with Crippen LogP contribution < -0.4 is 15.4 Å². The lowest BCUT2D eigenvalue weighted by Crippen LogP contribution is -2.57. The monoisotopic (exact) mass is 498 g/mol. The fraction of sp³-hybridized carbons (Fsp3) is 0.480. The first-order chi connectivity index (χ1) is 16.6. The van der Waals surface area contributed by atoms with E-state index in [0.717, 1.165) is 18.5 Å². The van der Waals surface area contributed by atoms with Gasteiger partial charge in [-0.2, -0.15) is 17.6 Å². The number of nitrogens with one attached hydrogen (secondary N) is 2. The zero-order valence-corrected chi connectivity index (χ0v) is 19.7. The molecule has 0 radical (unpaired) electrons. The number of hydrogen-bond donors (Lipinski definition) is 3. The van der Waals surface area contributed by atoms with Crippen molar-refractivity contribution in [1.29, 1.82) is 0 Å². The first-order valence-electron chi connectivity index (χ1n) is 11.7. The van der Waals surface area contributed by atoms with E-state index < -0.39 is 23.7 Å². The second kappa shape index (κ2) is 13.1. The summed E-state index contributed by atoms with van der Waals surface area (Å²) in [5.74, 6) is -16.5. The molecular formula is C25H32F4N3O3+. The van der Waals surface area contributed by atoms with Crippen LogP contribution in [0.25, 0.3) is 0 Å². The molecule has 192 valence electrons. The minimum Gasteiger partial charge on any atom is -0.477 e. The number of unbranched alkanes of at least 4 members (excludes halogenated alkanes) is 5. The van der Waals surface area contributed by atoms with E-state index >= 15 is 0 Å². The van der Waals surface area contributed by atoms with Crippen LogP contribution in [0.15, 0.2) is 48.8 Å². The largest absolute Gasteiger partial charge is 0.477 e. The highest BCUT2D eigenvalue weighted by Gasteiger charge is 2.67. The van der Waals surface area contributed by atoms with E-state index in [1.807, 2.05) is 18.3 Å². The van der Waals surface area contributed by atoms with Crippen LogP contribution in [0.3, 0.4) is 0 Å². The average molecular weight is 499 g/mol. The van der Waals surface area contributed by atoms with Crippen LogP contribution in [0, 0.1) is 0 Å². The van der Waals surface area contributed by atoms with E-state index in [1.54, 1.807) is 18.2 Å². The van der Waals surface area contributed by atoms with Crippen molar-refractivity contribution in [2.45, 2.75) is 76.7 Å². The average Bonchev–Trinajstić information content (AvgIpc) is 2.83. The number of hydrogen-bond acceptors (Lipinski definition) is 3. The summed E-state index contributed by atoms with van der Waals surface area (Å²) in [7, 11) is 0. The van der Waals surface area contributed by atoms with Crippen LogP contribution in [0.4, 0.5) is 23.2 Å². The number of aromatic nitrogens is 1. The fourth-order valence-electron chi connectivity index (χ4n) is 3.56. The smallest absolute Gasteiger partial charge is 0.413 e. The molecule has 35 heavy (non-hydrogen) atoms. The number of aryl methyl sites for hydroxylation is 3. The van der Waals surface area contributed by atoms with E-state index in [9.17, 15) is 27.2 Å². The Hall–Kier alpha value is -3.17. The molecule has 0 saturated heterocycles. The molecule has 0 fully saturated rings. The van der Waals surface area contributed by atoms with Gasteiger partial charge in [-0.05, 0) is 37.0 Å². The Kier molecular flexibility index (Phi) is 10.5. The summed E-state index contributed by atoms with van der Waals surface area (Å²) in [6, 6.07) is 10.4. The molecule has 0 aliphatic heterocycles. The quantitative estimate of drug-likeness (QED) is 0.141. The Bertz CT molecular complexity index is 986. The molecule has 0 spiro atoms. The van der Waals surface area contributed by atoms with Gasteiger partial charge in [0.15, 0.2) is 12.4 Å². The standard InChI is InChI=1S/C25H31F4N3O3/c1-2-3-4-5-6-9-16-32-17-10-11-19(18-32)14-15-20-12-7-8-13-21(20)30-31-22(33)24(26,27)25(28,29)23(34)35/h7-8,10-13,17-18,30H,2-6,9,14-16H2,1H3,(H-,31,33,34,35)/p+1. The third-order valence-electron chi connectivity index (χ3n) is 5.65. The van der Waals surface area contributed by atoms with Gasteiger partial charge in [0, 0.05) is 18.1 Å². The van der Waals surface area contributed by atoms with Crippen LogP contribution in [0.5, 0.6) is 0 Å². The van der Waals surface area contributed by atoms with E-state index in [2.05, 4.69) is 23.1 Å². The number of amides is 1. The number of hydrazine groups is 1. The predicted octanol–water partition coefficient (Wildman–Crippen LogP) is 4.92. The summed E-state index contributed by atoms with van der Waals surface area (Å²) >= 11 is 0. The maximum Gasteiger partial charge on any atom is 0.413 e. The number of para-hydroxylation sites is 1. The number of rotatable bonds is 15. The van der Waals surface area contributed by atoms with Gasteiger partial charge in [-0.3, -0.25) is 15.6 Å². The molecule has 1 amide bonds. The number of nitrogens with zero attached hydrogens (tertiary/aromatic N) is 1. The summed E-state index contributed by atoms with van der Waals surface area (Å²) < 4.78 is 55.9. The maximum atomic E-state index is 13.6. The highest BCUT2D eigenvalue weighted by Crippen LogP contribution is 2.34. The van der Waals surface area contributed by atoms with E-state index in [1.165, 1.54) is 43.6 Å². The molecule has 0 atom stereocenters. The lowest BCUT2D eigenvalue weighted by molar-refractivity contribution is -0.697. The number of pyridine rings is 1. The SMILES string of the molecule is CCCCCCCC[n+]1cccc(CCc2ccccc2NNC(=O)C(F)(F)C(F)(F)C(=O)O)c1. The predicted molar refractivity (Wildman–Crippen MR) is 123 cm³/mol. The minimum absolute atomic E-state index is 0.242. The van der Waals surface area contributed by atoms with Crippen molar-refractivity contribution in [3.63, 3.8) is 0 Å². The molecule has 10 heteroatoms. The van der Waals surface area contributed by atoms with Gasteiger partial charge < -0.3 is 5.11 Å². The molecule has 0 unspecified atom stereocenters. The van der Waals surface area contributed by atoms with Crippen molar-refractivity contribution in [1.82, 2.24) is 5.43 Å². The lowest BCUT2D eigenvalue weighted by atomic mass is 10.0. The molecule has 1 aromatic heterocycles. The number of carbonyl (C=O) groups excluding carboxylic acids is 1. The third kappa shape index (κ3) is 7.93. The highest BCUT2D eigenvalue weighted by molar-refractivity contribution is 5.92. The molecule has 0 aliphatic rings. The molecule has 1 heterocycles. The van der Waals surface area contributed by atoms with Crippen molar-refractivity contribution >= 4 is 17.6 Å².